The first kappa shape index (κ1) is 34.9. The standard InChI is InChI=1S/C28H35F3N8O3.CH2O2/c1-4-18-15-19(5-6-20(18)26(40)34-10-14-42-13-8-32)36-24-25-35-16-22(39(25)12-9-33-24)21-17-38(11-7-27(2,3)41)37-23(21)28(29,30)31;2-1-3/h5-6,9,12,15-17,41H,4,7-8,10-11,13-14,32H2,1-3H3,(H,33,36)(H,34,40);1H,(H,2,3). The lowest BCUT2D eigenvalue weighted by Gasteiger charge is -2.16. The molecular weight excluding hydrogens is 597 g/mol. The van der Waals surface area contributed by atoms with Gasteiger partial charge in [0.05, 0.1) is 36.3 Å². The summed E-state index contributed by atoms with van der Waals surface area (Å²) in [5.41, 5.74) is 5.61. The Morgan fingerprint density at radius 3 is 2.58 bits per heavy atom. The van der Waals surface area contributed by atoms with Crippen LogP contribution in [0, 0.1) is 0 Å². The number of imidazole rings is 1. The summed E-state index contributed by atoms with van der Waals surface area (Å²) in [7, 11) is 0. The van der Waals surface area contributed by atoms with Gasteiger partial charge in [0.1, 0.15) is 0 Å². The number of alkyl halides is 3. The third-order valence-electron chi connectivity index (χ3n) is 6.47. The number of nitrogens with zero attached hydrogens (tertiary/aromatic N) is 5. The number of hydrogen-bond donors (Lipinski definition) is 5. The van der Waals surface area contributed by atoms with Crippen molar-refractivity contribution in [2.24, 2.45) is 5.73 Å². The number of aromatic nitrogens is 5. The van der Waals surface area contributed by atoms with E-state index in [4.69, 9.17) is 20.4 Å². The number of aliphatic hydroxyl groups is 1. The Morgan fingerprint density at radius 1 is 1.20 bits per heavy atom. The molecule has 16 heteroatoms. The number of nitrogens with one attached hydrogen (secondary N) is 2. The Morgan fingerprint density at radius 2 is 1.93 bits per heavy atom. The van der Waals surface area contributed by atoms with Gasteiger partial charge in [-0.15, -0.1) is 0 Å². The SMILES string of the molecule is CCc1cc(Nc2nccn3c(-c4cn(CCC(C)(C)O)nc4C(F)(F)F)cnc23)ccc1C(=O)NCCOCCN.O=CO. The van der Waals surface area contributed by atoms with Crippen LogP contribution in [-0.4, -0.2) is 78.6 Å². The molecule has 0 saturated heterocycles. The number of ether oxygens (including phenoxy) is 1. The summed E-state index contributed by atoms with van der Waals surface area (Å²) in [4.78, 5) is 29.8. The van der Waals surface area contributed by atoms with E-state index < -0.39 is 17.5 Å². The van der Waals surface area contributed by atoms with E-state index in [1.54, 1.807) is 26.0 Å². The second-order valence-corrected chi connectivity index (χ2v) is 10.4. The molecule has 4 aromatic rings. The van der Waals surface area contributed by atoms with Crippen molar-refractivity contribution >= 4 is 29.5 Å². The van der Waals surface area contributed by atoms with Crippen molar-refractivity contribution < 1.29 is 37.7 Å². The fraction of sp³-hybridized carbons (Fsp3) is 0.414. The van der Waals surface area contributed by atoms with Crippen LogP contribution in [0.2, 0.25) is 0 Å². The monoisotopic (exact) mass is 634 g/mol. The summed E-state index contributed by atoms with van der Waals surface area (Å²) in [5, 5.41) is 26.7. The Labute approximate surface area is 257 Å². The number of carboxylic acid groups (broad SMARTS) is 1. The summed E-state index contributed by atoms with van der Waals surface area (Å²) in [6, 6.07) is 5.25. The molecule has 6 N–H and O–H groups in total. The maximum absolute atomic E-state index is 14.0. The van der Waals surface area contributed by atoms with Gasteiger partial charge in [0.15, 0.2) is 17.2 Å². The molecule has 0 spiro atoms. The lowest BCUT2D eigenvalue weighted by molar-refractivity contribution is -0.141. The van der Waals surface area contributed by atoms with Crippen LogP contribution < -0.4 is 16.4 Å². The van der Waals surface area contributed by atoms with Crippen LogP contribution >= 0.6 is 0 Å². The number of nitrogens with two attached hydrogens (primary N) is 1. The molecular formula is C29H37F3N8O5. The molecule has 3 heterocycles. The van der Waals surface area contributed by atoms with Crippen molar-refractivity contribution in [2.75, 3.05) is 31.6 Å². The first-order valence-electron chi connectivity index (χ1n) is 14.1. The number of halogens is 3. The summed E-state index contributed by atoms with van der Waals surface area (Å²) >= 11 is 0. The highest BCUT2D eigenvalue weighted by atomic mass is 19.4. The highest BCUT2D eigenvalue weighted by molar-refractivity contribution is 5.96. The molecule has 0 radical (unpaired) electrons. The third-order valence-corrected chi connectivity index (χ3v) is 6.47. The summed E-state index contributed by atoms with van der Waals surface area (Å²) in [6.07, 6.45) is 1.76. The molecule has 13 nitrogen and oxygen atoms in total. The highest BCUT2D eigenvalue weighted by Crippen LogP contribution is 2.37. The van der Waals surface area contributed by atoms with Crippen LogP contribution in [0.15, 0.2) is 43.0 Å². The molecule has 0 bridgehead atoms. The number of anilines is 2. The van der Waals surface area contributed by atoms with Gasteiger partial charge in [-0.05, 0) is 50.5 Å². The third kappa shape index (κ3) is 9.47. The Kier molecular flexibility index (Phi) is 12.0. The molecule has 244 valence electrons. The van der Waals surface area contributed by atoms with Gasteiger partial charge < -0.3 is 31.3 Å². The molecule has 0 atom stereocenters. The number of fused-ring (bicyclic) bond motifs is 1. The number of aryl methyl sites for hydroxylation is 2. The Balaban J connectivity index is 0.00000177. The van der Waals surface area contributed by atoms with Gasteiger partial charge in [-0.2, -0.15) is 18.3 Å². The van der Waals surface area contributed by atoms with Gasteiger partial charge in [-0.1, -0.05) is 6.92 Å². The van der Waals surface area contributed by atoms with Gasteiger partial charge in [-0.3, -0.25) is 18.7 Å². The molecule has 4 rings (SSSR count). The summed E-state index contributed by atoms with van der Waals surface area (Å²) < 4.78 is 49.9. The molecule has 1 amide bonds. The normalized spacial score (nSPS) is 11.6. The van der Waals surface area contributed by atoms with Gasteiger partial charge >= 0.3 is 6.18 Å². The minimum Gasteiger partial charge on any atom is -0.483 e. The molecule has 0 unspecified atom stereocenters. The average Bonchev–Trinajstić information content (AvgIpc) is 3.61. The molecule has 0 aliphatic heterocycles. The van der Waals surface area contributed by atoms with Crippen molar-refractivity contribution in [3.05, 3.63) is 59.8 Å². The zero-order valence-electron chi connectivity index (χ0n) is 25.1. The predicted molar refractivity (Wildman–Crippen MR) is 160 cm³/mol. The van der Waals surface area contributed by atoms with Crippen molar-refractivity contribution in [1.82, 2.24) is 29.5 Å². The van der Waals surface area contributed by atoms with Crippen LogP contribution in [-0.2, 0) is 28.7 Å². The van der Waals surface area contributed by atoms with Crippen LogP contribution in [0.25, 0.3) is 16.9 Å². The average molecular weight is 635 g/mol. The molecule has 0 fully saturated rings. The fourth-order valence-corrected chi connectivity index (χ4v) is 4.37. The first-order chi connectivity index (χ1) is 21.3. The van der Waals surface area contributed by atoms with Crippen LogP contribution in [0.3, 0.4) is 0 Å². The number of rotatable bonds is 13. The molecule has 0 aliphatic rings. The number of carbonyl (C=O) groups is 2. The number of benzene rings is 1. The van der Waals surface area contributed by atoms with Crippen LogP contribution in [0.5, 0.6) is 0 Å². The van der Waals surface area contributed by atoms with E-state index in [1.165, 1.54) is 33.9 Å². The molecule has 1 aromatic carbocycles. The Hall–Kier alpha value is -4.54. The maximum Gasteiger partial charge on any atom is 0.435 e. The van der Waals surface area contributed by atoms with E-state index in [1.807, 2.05) is 13.0 Å². The van der Waals surface area contributed by atoms with E-state index >= 15 is 0 Å². The second-order valence-electron chi connectivity index (χ2n) is 10.4. The minimum absolute atomic E-state index is 0.105. The van der Waals surface area contributed by atoms with Gasteiger partial charge in [0.25, 0.3) is 12.4 Å². The minimum atomic E-state index is -4.70. The predicted octanol–water partition coefficient (Wildman–Crippen LogP) is 3.48. The molecule has 0 saturated carbocycles. The van der Waals surface area contributed by atoms with Crippen molar-refractivity contribution in [2.45, 2.75) is 51.9 Å². The smallest absolute Gasteiger partial charge is 0.435 e. The van der Waals surface area contributed by atoms with Crippen LogP contribution in [0.4, 0.5) is 24.7 Å². The quantitative estimate of drug-likeness (QED) is 0.108. The maximum atomic E-state index is 14.0. The van der Waals surface area contributed by atoms with Crippen molar-refractivity contribution in [3.63, 3.8) is 0 Å². The van der Waals surface area contributed by atoms with Crippen LogP contribution in [0.1, 0.15) is 48.8 Å². The number of amides is 1. The molecule has 3 aromatic heterocycles. The Bertz CT molecular complexity index is 1580. The highest BCUT2D eigenvalue weighted by Gasteiger charge is 2.38. The van der Waals surface area contributed by atoms with E-state index in [9.17, 15) is 23.1 Å². The van der Waals surface area contributed by atoms with Gasteiger partial charge in [-0.25, -0.2) is 9.97 Å². The summed E-state index contributed by atoms with van der Waals surface area (Å²) in [6.45, 7) is 6.50. The van der Waals surface area contributed by atoms with Crippen molar-refractivity contribution in [1.29, 1.82) is 0 Å². The molecule has 45 heavy (non-hydrogen) atoms. The fourth-order valence-electron chi connectivity index (χ4n) is 4.37. The van der Waals surface area contributed by atoms with E-state index in [0.29, 0.717) is 55.4 Å². The first-order valence-corrected chi connectivity index (χ1v) is 14.1. The lowest BCUT2D eigenvalue weighted by atomic mass is 10.0. The topological polar surface area (TPSA) is 182 Å². The van der Waals surface area contributed by atoms with E-state index in [2.05, 4.69) is 25.7 Å². The van der Waals surface area contributed by atoms with E-state index in [0.717, 1.165) is 5.56 Å². The summed E-state index contributed by atoms with van der Waals surface area (Å²) in [5.74, 6) is 0.0967. The zero-order valence-corrected chi connectivity index (χ0v) is 25.1. The number of hydrogen-bond acceptors (Lipinski definition) is 9. The van der Waals surface area contributed by atoms with Gasteiger partial charge in [0, 0.05) is 49.5 Å². The molecule has 0 aliphatic carbocycles. The van der Waals surface area contributed by atoms with E-state index in [-0.39, 0.29) is 36.6 Å². The van der Waals surface area contributed by atoms with Gasteiger partial charge in [0.2, 0.25) is 0 Å². The second kappa shape index (κ2) is 15.5. The van der Waals surface area contributed by atoms with Crippen molar-refractivity contribution in [3.8, 4) is 11.3 Å². The lowest BCUT2D eigenvalue weighted by Crippen LogP contribution is -2.28. The largest absolute Gasteiger partial charge is 0.483 e. The number of carbonyl (C=O) groups excluding carboxylic acids is 1. The zero-order chi connectivity index (χ0) is 33.2.